The second-order valence-electron chi connectivity index (χ2n) is 20.1. The van der Waals surface area contributed by atoms with Gasteiger partial charge in [0.1, 0.15) is 40.3 Å². The fraction of sp³-hybridized carbons (Fsp3) is 0.250. The number of carbonyl (C=O) groups excluding carboxylic acids is 2. The lowest BCUT2D eigenvalue weighted by Gasteiger charge is -2.25. The molecule has 2 saturated heterocycles. The molecule has 0 aliphatic carbocycles. The van der Waals surface area contributed by atoms with Crippen molar-refractivity contribution in [3.05, 3.63) is 182 Å². The largest absolute Gasteiger partial charge is 0.457 e. The highest BCUT2D eigenvalue weighted by Gasteiger charge is 2.18. The molecular formula is C64H64F2N12O4S. The number of benzene rings is 4. The Balaban J connectivity index is 0.000000167. The van der Waals surface area contributed by atoms with Crippen molar-refractivity contribution >= 4 is 68.7 Å². The van der Waals surface area contributed by atoms with Gasteiger partial charge < -0.3 is 30.4 Å². The average Bonchev–Trinajstić information content (AvgIpc) is 3.89. The molecule has 2 aliphatic heterocycles. The number of imidazole rings is 1. The van der Waals surface area contributed by atoms with Gasteiger partial charge in [-0.3, -0.25) is 39.3 Å². The van der Waals surface area contributed by atoms with E-state index >= 15 is 0 Å². The van der Waals surface area contributed by atoms with Gasteiger partial charge in [-0.1, -0.05) is 25.0 Å². The van der Waals surface area contributed by atoms with E-state index < -0.39 is 5.82 Å². The SMILES string of the molecule is CNc1ccc(Oc2ccnc(CC(=O)CN3CCCCC3)c2)cc1N.Cn1c(Nc2cc(-c3ccncc3)ccc2F)nc2cc(Oc3ccnc(CC(=O)CN4CCCCC4)c3)ccc21.Fc1ccc(-c2ccncc2)cc1N=C=S. The zero-order valence-electron chi connectivity index (χ0n) is 46.3. The van der Waals surface area contributed by atoms with Gasteiger partial charge in [0.05, 0.1) is 70.6 Å². The Morgan fingerprint density at radius 2 is 1.12 bits per heavy atom. The van der Waals surface area contributed by atoms with Crippen LogP contribution in [0.5, 0.6) is 23.0 Å². The van der Waals surface area contributed by atoms with Crippen LogP contribution in [0, 0.1) is 11.6 Å². The summed E-state index contributed by atoms with van der Waals surface area (Å²) in [5.41, 5.74) is 14.6. The highest BCUT2D eigenvalue weighted by Crippen LogP contribution is 2.32. The van der Waals surface area contributed by atoms with Crippen LogP contribution in [-0.4, -0.2) is 102 Å². The van der Waals surface area contributed by atoms with E-state index in [9.17, 15) is 18.4 Å². The molecule has 0 radical (unpaired) electrons. The van der Waals surface area contributed by atoms with Crippen molar-refractivity contribution in [3.8, 4) is 45.3 Å². The minimum atomic E-state index is -0.407. The number of thiocarbonyl (C=S) groups is 1. The number of nitrogens with two attached hydrogens (primary N) is 1. The van der Waals surface area contributed by atoms with Gasteiger partial charge in [-0.15, -0.1) is 0 Å². The second kappa shape index (κ2) is 29.0. The summed E-state index contributed by atoms with van der Waals surface area (Å²) >= 11 is 4.46. The van der Waals surface area contributed by atoms with Gasteiger partial charge in [0.2, 0.25) is 5.95 Å². The number of pyridine rings is 4. The minimum Gasteiger partial charge on any atom is -0.457 e. The molecular weight excluding hydrogens is 1070 g/mol. The van der Waals surface area contributed by atoms with Gasteiger partial charge in [-0.2, -0.15) is 4.99 Å². The number of aryl methyl sites for hydroxylation is 1. The summed E-state index contributed by atoms with van der Waals surface area (Å²) in [4.78, 5) is 54.4. The summed E-state index contributed by atoms with van der Waals surface area (Å²) < 4.78 is 41.9. The van der Waals surface area contributed by atoms with Crippen molar-refractivity contribution in [2.24, 2.45) is 12.0 Å². The van der Waals surface area contributed by atoms with Crippen LogP contribution in [-0.2, 0) is 29.5 Å². The molecule has 0 amide bonds. The Bertz CT molecular complexity index is 3700. The molecule has 0 atom stereocenters. The summed E-state index contributed by atoms with van der Waals surface area (Å²) in [5, 5.41) is 8.32. The molecule has 19 heteroatoms. The average molecular weight is 1140 g/mol. The summed E-state index contributed by atoms with van der Waals surface area (Å²) in [7, 11) is 3.70. The molecule has 0 bridgehead atoms. The van der Waals surface area contributed by atoms with E-state index in [0.717, 1.165) is 78.2 Å². The van der Waals surface area contributed by atoms with Gasteiger partial charge >= 0.3 is 0 Å². The van der Waals surface area contributed by atoms with E-state index in [4.69, 9.17) is 20.2 Å². The maximum Gasteiger partial charge on any atom is 0.208 e. The zero-order chi connectivity index (χ0) is 57.9. The number of nitrogens with one attached hydrogen (secondary N) is 2. The summed E-state index contributed by atoms with van der Waals surface area (Å²) in [6.07, 6.45) is 17.9. The first kappa shape index (κ1) is 58.5. The summed E-state index contributed by atoms with van der Waals surface area (Å²) in [5.74, 6) is 2.58. The quantitative estimate of drug-likeness (QED) is 0.0417. The first-order valence-corrected chi connectivity index (χ1v) is 27.9. The molecule has 4 N–H and O–H groups in total. The number of aromatic nitrogens is 6. The maximum absolute atomic E-state index is 14.7. The molecule has 2 aliphatic rings. The van der Waals surface area contributed by atoms with Crippen LogP contribution >= 0.6 is 12.2 Å². The number of carbonyl (C=O) groups is 2. The number of hydrogen-bond acceptors (Lipinski definition) is 16. The number of ether oxygens (including phenoxy) is 2. The number of anilines is 4. The fourth-order valence-electron chi connectivity index (χ4n) is 9.78. The number of piperidine rings is 2. The number of likely N-dealkylation sites (tertiary alicyclic amines) is 2. The van der Waals surface area contributed by atoms with Crippen LogP contribution in [0.3, 0.4) is 0 Å². The van der Waals surface area contributed by atoms with Crippen molar-refractivity contribution in [1.82, 2.24) is 39.3 Å². The van der Waals surface area contributed by atoms with Gasteiger partial charge in [0, 0.05) is 75.5 Å². The van der Waals surface area contributed by atoms with Gasteiger partial charge in [-0.25, -0.2) is 13.8 Å². The Morgan fingerprint density at radius 1 is 0.602 bits per heavy atom. The zero-order valence-corrected chi connectivity index (χ0v) is 47.1. The predicted molar refractivity (Wildman–Crippen MR) is 325 cm³/mol. The first-order valence-electron chi connectivity index (χ1n) is 27.5. The molecule has 424 valence electrons. The molecule has 9 aromatic rings. The van der Waals surface area contributed by atoms with Crippen LogP contribution < -0.4 is 25.8 Å². The summed E-state index contributed by atoms with van der Waals surface area (Å²) in [6, 6.07) is 35.4. The third-order valence-electron chi connectivity index (χ3n) is 14.0. The lowest BCUT2D eigenvalue weighted by Crippen LogP contribution is -2.35. The molecule has 0 spiro atoms. The molecule has 5 aromatic heterocycles. The number of rotatable bonds is 18. The van der Waals surface area contributed by atoms with E-state index in [1.165, 1.54) is 37.8 Å². The van der Waals surface area contributed by atoms with Crippen molar-refractivity contribution in [3.63, 3.8) is 0 Å². The van der Waals surface area contributed by atoms with Gasteiger partial charge in [0.25, 0.3) is 0 Å². The Hall–Kier alpha value is -9.13. The molecule has 2 fully saturated rings. The van der Waals surface area contributed by atoms with Crippen LogP contribution in [0.25, 0.3) is 33.3 Å². The smallest absolute Gasteiger partial charge is 0.208 e. The number of Topliss-reactive ketones (excluding diaryl/α,β-unsaturated/α-hetero) is 2. The van der Waals surface area contributed by atoms with Crippen LogP contribution in [0.2, 0.25) is 0 Å². The highest BCUT2D eigenvalue weighted by molar-refractivity contribution is 7.78. The van der Waals surface area contributed by atoms with Gasteiger partial charge in [-0.05, 0) is 171 Å². The third kappa shape index (κ3) is 16.7. The number of nitrogen functional groups attached to an aromatic ring is 1. The van der Waals surface area contributed by atoms with E-state index in [-0.39, 0.29) is 29.5 Å². The first-order chi connectivity index (χ1) is 40.5. The monoisotopic (exact) mass is 1130 g/mol. The van der Waals surface area contributed by atoms with Gasteiger partial charge in [0.15, 0.2) is 11.6 Å². The van der Waals surface area contributed by atoms with Crippen molar-refractivity contribution in [1.29, 1.82) is 0 Å². The van der Waals surface area contributed by atoms with E-state index in [1.807, 2.05) is 85.4 Å². The Kier molecular flexibility index (Phi) is 20.5. The number of fused-ring (bicyclic) bond motifs is 1. The molecule has 11 rings (SSSR count). The van der Waals surface area contributed by atoms with Crippen LogP contribution in [0.1, 0.15) is 49.9 Å². The Morgan fingerprint density at radius 3 is 1.66 bits per heavy atom. The van der Waals surface area contributed by atoms with Crippen LogP contribution in [0.15, 0.2) is 164 Å². The van der Waals surface area contributed by atoms with E-state index in [1.54, 1.807) is 79.6 Å². The second-order valence-corrected chi connectivity index (χ2v) is 20.3. The van der Waals surface area contributed by atoms with Crippen molar-refractivity contribution in [2.45, 2.75) is 51.4 Å². The van der Waals surface area contributed by atoms with Crippen LogP contribution in [0.4, 0.5) is 37.5 Å². The molecule has 16 nitrogen and oxygen atoms in total. The minimum absolute atomic E-state index is 0.161. The lowest BCUT2D eigenvalue weighted by atomic mass is 10.1. The Labute approximate surface area is 486 Å². The van der Waals surface area contributed by atoms with Crippen molar-refractivity contribution in [2.75, 3.05) is 62.7 Å². The molecule has 83 heavy (non-hydrogen) atoms. The number of ketones is 2. The molecule has 7 heterocycles. The lowest BCUT2D eigenvalue weighted by molar-refractivity contribution is -0.120. The topological polar surface area (TPSA) is 191 Å². The normalized spacial score (nSPS) is 13.3. The maximum atomic E-state index is 14.7. The number of isothiocyanates is 1. The molecule has 0 unspecified atom stereocenters. The number of halogens is 2. The van der Waals surface area contributed by atoms with Crippen molar-refractivity contribution < 1.29 is 27.8 Å². The molecule has 4 aromatic carbocycles. The molecule has 0 saturated carbocycles. The number of hydrogen-bond donors (Lipinski definition) is 3. The van der Waals surface area contributed by atoms with E-state index in [2.05, 4.69) is 62.7 Å². The van der Waals surface area contributed by atoms with E-state index in [0.29, 0.717) is 71.0 Å². The standard InChI is InChI=1S/C32H31FN6O2.C20H26N4O2.C12H7FN2S/c1-38-31-8-6-26(41-27-11-14-35-24(19-27)18-25(40)21-39-15-3-2-4-16-39)20-30(31)37-32(38)36-29-17-23(5-7-28(29)33)22-9-12-34-13-10-22;1-22-20-6-5-17(13-19(20)21)26-18-7-8-23-15(12-18)11-16(25)14-24-9-3-2-4-10-24;13-11-2-1-10(7-12(11)15-8-16)9-3-5-14-6-4-9/h5-14,17,19-20H,2-4,15-16,18,21H2,1H3,(H,36,37);5-8,12-13,22H,2-4,9-11,14,21H2,1H3;1-7H. The predicted octanol–water partition coefficient (Wildman–Crippen LogP) is 13.0. The third-order valence-corrected chi connectivity index (χ3v) is 14.1. The number of nitrogens with zero attached hydrogens (tertiary/aromatic N) is 9. The fourth-order valence-corrected chi connectivity index (χ4v) is 9.88. The number of aliphatic imine (C=N–C) groups is 1. The highest BCUT2D eigenvalue weighted by atomic mass is 32.1. The summed E-state index contributed by atoms with van der Waals surface area (Å²) in [6.45, 7) is 5.00.